The number of rotatable bonds is 8. The summed E-state index contributed by atoms with van der Waals surface area (Å²) in [5.41, 5.74) is 1.07. The van der Waals surface area contributed by atoms with Crippen LogP contribution in [0.2, 0.25) is 0 Å². The lowest BCUT2D eigenvalue weighted by Gasteiger charge is -2.25. The minimum Gasteiger partial charge on any atom is -0.503 e. The van der Waals surface area contributed by atoms with Crippen molar-refractivity contribution >= 4 is 38.4 Å². The van der Waals surface area contributed by atoms with E-state index in [4.69, 9.17) is 18.6 Å². The number of hydrogen-bond acceptors (Lipinski definition) is 9. The highest BCUT2D eigenvalue weighted by Gasteiger charge is 2.46. The summed E-state index contributed by atoms with van der Waals surface area (Å²) in [4.78, 5) is 33.0. The van der Waals surface area contributed by atoms with Gasteiger partial charge in [0.25, 0.3) is 5.91 Å². The molecule has 1 N–H and O–H groups in total. The van der Waals surface area contributed by atoms with Crippen LogP contribution in [-0.2, 0) is 4.79 Å². The number of carbonyl (C=O) groups is 2. The van der Waals surface area contributed by atoms with Gasteiger partial charge in [-0.05, 0) is 61.9 Å². The predicted octanol–water partition coefficient (Wildman–Crippen LogP) is 5.40. The van der Waals surface area contributed by atoms with E-state index in [-0.39, 0.29) is 11.3 Å². The maximum Gasteiger partial charge on any atom is 0.296 e. The second-order valence-electron chi connectivity index (χ2n) is 8.25. The van der Waals surface area contributed by atoms with Gasteiger partial charge in [0.05, 0.1) is 42.7 Å². The molecule has 2 aromatic carbocycles. The van der Waals surface area contributed by atoms with Gasteiger partial charge in [-0.1, -0.05) is 17.4 Å². The van der Waals surface area contributed by atoms with E-state index in [2.05, 4.69) is 4.98 Å². The van der Waals surface area contributed by atoms with Gasteiger partial charge in [0.2, 0.25) is 5.78 Å². The summed E-state index contributed by atoms with van der Waals surface area (Å²) in [5.74, 6) is 0.140. The highest BCUT2D eigenvalue weighted by Crippen LogP contribution is 2.46. The summed E-state index contributed by atoms with van der Waals surface area (Å²) in [5, 5.41) is 11.3. The molecule has 5 rings (SSSR count). The van der Waals surface area contributed by atoms with Crippen LogP contribution in [0.25, 0.3) is 10.2 Å². The van der Waals surface area contributed by atoms with Gasteiger partial charge >= 0.3 is 0 Å². The average molecular weight is 521 g/mol. The van der Waals surface area contributed by atoms with Crippen LogP contribution in [0, 0.1) is 6.92 Å². The zero-order valence-corrected chi connectivity index (χ0v) is 21.4. The fourth-order valence-corrected chi connectivity index (χ4v) is 5.31. The van der Waals surface area contributed by atoms with Crippen LogP contribution in [0.15, 0.2) is 64.3 Å². The van der Waals surface area contributed by atoms with Crippen LogP contribution < -0.4 is 19.1 Å². The van der Waals surface area contributed by atoms with Crippen molar-refractivity contribution in [3.05, 3.63) is 76.9 Å². The first kappa shape index (κ1) is 24.4. The molecular formula is C27H24N2O7S. The molecule has 0 radical (unpaired) electrons. The Balaban J connectivity index is 1.68. The van der Waals surface area contributed by atoms with Crippen LogP contribution in [0.5, 0.6) is 17.2 Å². The number of aliphatic hydroxyl groups is 1. The summed E-state index contributed by atoms with van der Waals surface area (Å²) in [7, 11) is 3.07. The van der Waals surface area contributed by atoms with Gasteiger partial charge in [-0.3, -0.25) is 14.5 Å². The number of anilines is 1. The number of ether oxygens (including phenoxy) is 3. The molecule has 190 valence electrons. The van der Waals surface area contributed by atoms with E-state index in [1.165, 1.54) is 29.4 Å². The van der Waals surface area contributed by atoms with Gasteiger partial charge in [-0.15, -0.1) is 0 Å². The summed E-state index contributed by atoms with van der Waals surface area (Å²) < 4.78 is 22.8. The van der Waals surface area contributed by atoms with E-state index < -0.39 is 23.5 Å². The molecule has 1 aliphatic rings. The maximum atomic E-state index is 13.6. The Morgan fingerprint density at radius 3 is 2.59 bits per heavy atom. The fraction of sp³-hybridized carbons (Fsp3) is 0.222. The zero-order valence-electron chi connectivity index (χ0n) is 20.6. The SMILES string of the molecule is CCOc1ccc(C2C(C(=O)c3ccc(C)o3)=C(O)C(=O)N2c2nc3ccc(OC)cc3s2)cc1OC. The van der Waals surface area contributed by atoms with E-state index >= 15 is 0 Å². The number of Topliss-reactive ketones (excluding diaryl/α,β-unsaturated/α-hetero) is 1. The molecule has 1 amide bonds. The van der Waals surface area contributed by atoms with Crippen LogP contribution in [0.3, 0.4) is 0 Å². The molecule has 0 fully saturated rings. The third kappa shape index (κ3) is 4.19. The van der Waals surface area contributed by atoms with Crippen molar-refractivity contribution in [1.29, 1.82) is 0 Å². The molecule has 0 bridgehead atoms. The molecule has 1 unspecified atom stereocenters. The highest BCUT2D eigenvalue weighted by atomic mass is 32.1. The van der Waals surface area contributed by atoms with Crippen LogP contribution in [0.1, 0.15) is 34.8 Å². The van der Waals surface area contributed by atoms with Crippen molar-refractivity contribution in [2.24, 2.45) is 0 Å². The van der Waals surface area contributed by atoms with Crippen molar-refractivity contribution in [1.82, 2.24) is 4.98 Å². The lowest BCUT2D eigenvalue weighted by atomic mass is 9.95. The Bertz CT molecular complexity index is 1550. The molecule has 1 atom stereocenters. The van der Waals surface area contributed by atoms with Crippen LogP contribution in [0.4, 0.5) is 5.13 Å². The number of fused-ring (bicyclic) bond motifs is 1. The quantitative estimate of drug-likeness (QED) is 0.308. The molecule has 0 saturated heterocycles. The highest BCUT2D eigenvalue weighted by molar-refractivity contribution is 7.22. The second kappa shape index (κ2) is 9.62. The molecule has 1 aliphatic heterocycles. The molecule has 2 aromatic heterocycles. The van der Waals surface area contributed by atoms with E-state index in [9.17, 15) is 14.7 Å². The molecule has 0 saturated carbocycles. The number of benzene rings is 2. The average Bonchev–Trinajstić information content (AvgIpc) is 3.59. The van der Waals surface area contributed by atoms with Gasteiger partial charge in [0, 0.05) is 0 Å². The first-order valence-corrected chi connectivity index (χ1v) is 12.3. The lowest BCUT2D eigenvalue weighted by Crippen LogP contribution is -2.31. The van der Waals surface area contributed by atoms with Crippen molar-refractivity contribution in [2.75, 3.05) is 25.7 Å². The van der Waals surface area contributed by atoms with Gasteiger partial charge in [-0.2, -0.15) is 0 Å². The first-order valence-electron chi connectivity index (χ1n) is 11.5. The standard InChI is InChI=1S/C27H24N2O7S/c1-5-35-18-11-7-15(12-20(18)34-4)23-22(24(30)19-10-6-14(2)36-19)25(31)26(32)29(23)27-28-17-9-8-16(33-3)13-21(17)37-27/h6-13,23,31H,5H2,1-4H3. The third-order valence-electron chi connectivity index (χ3n) is 6.01. The van der Waals surface area contributed by atoms with Crippen molar-refractivity contribution in [2.45, 2.75) is 19.9 Å². The largest absolute Gasteiger partial charge is 0.503 e. The number of ketones is 1. The number of methoxy groups -OCH3 is 2. The number of aromatic nitrogens is 1. The third-order valence-corrected chi connectivity index (χ3v) is 7.03. The predicted molar refractivity (Wildman–Crippen MR) is 138 cm³/mol. The van der Waals surface area contributed by atoms with Gasteiger partial charge < -0.3 is 23.7 Å². The number of nitrogens with zero attached hydrogens (tertiary/aromatic N) is 2. The topological polar surface area (TPSA) is 111 Å². The Kier molecular flexibility index (Phi) is 6.34. The molecule has 9 nitrogen and oxygen atoms in total. The first-order chi connectivity index (χ1) is 17.9. The Labute approximate surface area is 216 Å². The van der Waals surface area contributed by atoms with Crippen LogP contribution >= 0.6 is 11.3 Å². The number of aryl methyl sites for hydroxylation is 1. The van der Waals surface area contributed by atoms with E-state index in [1.54, 1.807) is 50.4 Å². The van der Waals surface area contributed by atoms with Crippen molar-refractivity contribution < 1.29 is 33.3 Å². The molecule has 4 aromatic rings. The molecule has 10 heteroatoms. The summed E-state index contributed by atoms with van der Waals surface area (Å²) in [6.07, 6.45) is 0. The van der Waals surface area contributed by atoms with Gasteiger partial charge in [0.15, 0.2) is 28.1 Å². The molecule has 0 spiro atoms. The zero-order chi connectivity index (χ0) is 26.3. The fourth-order valence-electron chi connectivity index (χ4n) is 4.29. The summed E-state index contributed by atoms with van der Waals surface area (Å²) >= 11 is 1.25. The minimum absolute atomic E-state index is 0.0191. The lowest BCUT2D eigenvalue weighted by molar-refractivity contribution is -0.117. The molecular weight excluding hydrogens is 496 g/mol. The smallest absolute Gasteiger partial charge is 0.296 e. The Hall–Kier alpha value is -4.31. The number of hydrogen-bond donors (Lipinski definition) is 1. The van der Waals surface area contributed by atoms with Crippen LogP contribution in [-0.4, -0.2) is 42.6 Å². The summed E-state index contributed by atoms with van der Waals surface area (Å²) in [6, 6.07) is 12.7. The monoisotopic (exact) mass is 520 g/mol. The maximum absolute atomic E-state index is 13.6. The van der Waals surface area contributed by atoms with Crippen molar-refractivity contribution in [3.8, 4) is 17.2 Å². The summed E-state index contributed by atoms with van der Waals surface area (Å²) in [6.45, 7) is 4.00. The molecule has 0 aliphatic carbocycles. The number of amides is 1. The Morgan fingerprint density at radius 1 is 1.11 bits per heavy atom. The van der Waals surface area contributed by atoms with E-state index in [0.717, 1.165) is 4.70 Å². The minimum atomic E-state index is -0.988. The molecule has 3 heterocycles. The number of carbonyl (C=O) groups excluding carboxylic acids is 2. The van der Waals surface area contributed by atoms with E-state index in [1.807, 2.05) is 13.0 Å². The van der Waals surface area contributed by atoms with E-state index in [0.29, 0.717) is 45.8 Å². The van der Waals surface area contributed by atoms with Gasteiger partial charge in [0.1, 0.15) is 11.5 Å². The Morgan fingerprint density at radius 2 is 1.92 bits per heavy atom. The normalized spacial score (nSPS) is 15.5. The van der Waals surface area contributed by atoms with Crippen molar-refractivity contribution in [3.63, 3.8) is 0 Å². The second-order valence-corrected chi connectivity index (χ2v) is 9.26. The molecule has 37 heavy (non-hydrogen) atoms. The number of thiazole rings is 1. The number of furan rings is 1. The van der Waals surface area contributed by atoms with Gasteiger partial charge in [-0.25, -0.2) is 4.98 Å². The number of aliphatic hydroxyl groups excluding tert-OH is 1.